The van der Waals surface area contributed by atoms with E-state index < -0.39 is 0 Å². The molecule has 0 aliphatic heterocycles. The third-order valence-corrected chi connectivity index (χ3v) is 4.19. The number of rotatable bonds is 2. The number of benzene rings is 2. The van der Waals surface area contributed by atoms with E-state index in [2.05, 4.69) is 11.1 Å². The molecule has 120 valence electrons. The molecule has 0 amide bonds. The van der Waals surface area contributed by atoms with Gasteiger partial charge in [0.2, 0.25) is 0 Å². The predicted molar refractivity (Wildman–Crippen MR) is 98.2 cm³/mol. The number of aryl methyl sites for hydroxylation is 1. The van der Waals surface area contributed by atoms with Gasteiger partial charge in [-0.15, -0.1) is 0 Å². The van der Waals surface area contributed by atoms with Crippen molar-refractivity contribution < 1.29 is 0 Å². The molecular weight excluding hydrogens is 310 g/mol. The molecule has 4 rings (SSSR count). The summed E-state index contributed by atoms with van der Waals surface area (Å²) in [7, 11) is 0. The Labute approximate surface area is 145 Å². The smallest absolute Gasteiger partial charge is 0.167 e. The van der Waals surface area contributed by atoms with Crippen LogP contribution in [0.4, 0.5) is 5.69 Å². The van der Waals surface area contributed by atoms with Gasteiger partial charge in [-0.2, -0.15) is 5.26 Å². The van der Waals surface area contributed by atoms with E-state index in [1.807, 2.05) is 66.1 Å². The highest BCUT2D eigenvalue weighted by atomic mass is 15.1. The Hall–Kier alpha value is -3.65. The summed E-state index contributed by atoms with van der Waals surface area (Å²) >= 11 is 0. The lowest BCUT2D eigenvalue weighted by Crippen LogP contribution is -2.01. The standard InChI is InChI=1S/C20H15N5/c1-13-7-9-15(10-8-13)25-12-23-19-17(22)16(11-21)18(24-20(19)25)14-5-3-2-4-6-14/h2-10,12H,1H3,(H2,22,24). The second-order valence-electron chi connectivity index (χ2n) is 5.85. The molecule has 0 unspecified atom stereocenters. The number of hydrogen-bond donors (Lipinski definition) is 1. The molecule has 5 heteroatoms. The molecule has 0 fully saturated rings. The molecule has 2 heterocycles. The Bertz CT molecular complexity index is 1100. The molecular formula is C20H15N5. The number of imidazole rings is 1. The number of nitrogen functional groups attached to an aromatic ring is 1. The number of nitriles is 1. The minimum absolute atomic E-state index is 0.354. The normalized spacial score (nSPS) is 10.7. The van der Waals surface area contributed by atoms with Crippen LogP contribution in [-0.4, -0.2) is 14.5 Å². The third kappa shape index (κ3) is 2.41. The Kier molecular flexibility index (Phi) is 3.44. The summed E-state index contributed by atoms with van der Waals surface area (Å²) in [6, 6.07) is 19.8. The van der Waals surface area contributed by atoms with Crippen LogP contribution in [-0.2, 0) is 0 Å². The number of fused-ring (bicyclic) bond motifs is 1. The lowest BCUT2D eigenvalue weighted by Gasteiger charge is -2.09. The van der Waals surface area contributed by atoms with Gasteiger partial charge in [0.15, 0.2) is 5.65 Å². The number of anilines is 1. The van der Waals surface area contributed by atoms with Crippen LogP contribution in [0.5, 0.6) is 0 Å². The molecule has 2 N–H and O–H groups in total. The van der Waals surface area contributed by atoms with E-state index in [0.717, 1.165) is 11.3 Å². The van der Waals surface area contributed by atoms with Crippen molar-refractivity contribution in [2.45, 2.75) is 6.92 Å². The van der Waals surface area contributed by atoms with Gasteiger partial charge in [0, 0.05) is 11.3 Å². The fraction of sp³-hybridized carbons (Fsp3) is 0.0500. The first kappa shape index (κ1) is 14.9. The summed E-state index contributed by atoms with van der Waals surface area (Å²) in [6.07, 6.45) is 1.69. The van der Waals surface area contributed by atoms with Gasteiger partial charge in [0.1, 0.15) is 23.5 Å². The molecule has 0 saturated heterocycles. The molecule has 25 heavy (non-hydrogen) atoms. The summed E-state index contributed by atoms with van der Waals surface area (Å²) in [5.74, 6) is 0. The molecule has 0 bridgehead atoms. The van der Waals surface area contributed by atoms with Crippen LogP contribution < -0.4 is 5.73 Å². The van der Waals surface area contributed by atoms with Crippen LogP contribution in [0.1, 0.15) is 11.1 Å². The summed E-state index contributed by atoms with van der Waals surface area (Å²) < 4.78 is 1.89. The highest BCUT2D eigenvalue weighted by molar-refractivity contribution is 5.93. The van der Waals surface area contributed by atoms with Crippen LogP contribution in [0.2, 0.25) is 0 Å². The molecule has 2 aromatic carbocycles. The van der Waals surface area contributed by atoms with E-state index in [1.54, 1.807) is 6.33 Å². The number of aromatic nitrogens is 3. The zero-order valence-electron chi connectivity index (χ0n) is 13.6. The molecule has 2 aromatic heterocycles. The van der Waals surface area contributed by atoms with E-state index >= 15 is 0 Å². The first-order valence-corrected chi connectivity index (χ1v) is 7.88. The Balaban J connectivity index is 2.02. The quantitative estimate of drug-likeness (QED) is 0.607. The molecule has 4 aromatic rings. The molecule has 0 aliphatic carbocycles. The largest absolute Gasteiger partial charge is 0.396 e. The van der Waals surface area contributed by atoms with Crippen LogP contribution in [0.15, 0.2) is 60.9 Å². The number of nitrogens with two attached hydrogens (primary N) is 1. The van der Waals surface area contributed by atoms with Gasteiger partial charge in [0.25, 0.3) is 0 Å². The fourth-order valence-electron chi connectivity index (χ4n) is 2.86. The second-order valence-corrected chi connectivity index (χ2v) is 5.85. The van der Waals surface area contributed by atoms with E-state index in [9.17, 15) is 5.26 Å². The van der Waals surface area contributed by atoms with Crippen molar-refractivity contribution in [3.8, 4) is 23.0 Å². The van der Waals surface area contributed by atoms with Crippen molar-refractivity contribution in [2.24, 2.45) is 0 Å². The van der Waals surface area contributed by atoms with Gasteiger partial charge in [0.05, 0.1) is 11.4 Å². The third-order valence-electron chi connectivity index (χ3n) is 4.19. The van der Waals surface area contributed by atoms with Crippen LogP contribution in [0.25, 0.3) is 28.1 Å². The molecule has 5 nitrogen and oxygen atoms in total. The van der Waals surface area contributed by atoms with E-state index in [-0.39, 0.29) is 0 Å². The summed E-state index contributed by atoms with van der Waals surface area (Å²) in [6.45, 7) is 2.04. The van der Waals surface area contributed by atoms with Crippen molar-refractivity contribution in [3.63, 3.8) is 0 Å². The number of hydrogen-bond acceptors (Lipinski definition) is 4. The Morgan fingerprint density at radius 3 is 2.44 bits per heavy atom. The maximum Gasteiger partial charge on any atom is 0.167 e. The monoisotopic (exact) mass is 325 g/mol. The van der Waals surface area contributed by atoms with Crippen molar-refractivity contribution >= 4 is 16.9 Å². The first-order valence-electron chi connectivity index (χ1n) is 7.88. The Morgan fingerprint density at radius 2 is 1.76 bits per heavy atom. The van der Waals surface area contributed by atoms with E-state index in [1.165, 1.54) is 5.56 Å². The highest BCUT2D eigenvalue weighted by Crippen LogP contribution is 2.31. The van der Waals surface area contributed by atoms with Crippen LogP contribution in [0, 0.1) is 18.3 Å². The van der Waals surface area contributed by atoms with Crippen molar-refractivity contribution in [1.29, 1.82) is 5.26 Å². The maximum atomic E-state index is 9.57. The van der Waals surface area contributed by atoms with Crippen molar-refractivity contribution in [3.05, 3.63) is 72.1 Å². The predicted octanol–water partition coefficient (Wildman–Crippen LogP) is 3.85. The van der Waals surface area contributed by atoms with Crippen molar-refractivity contribution in [1.82, 2.24) is 14.5 Å². The SMILES string of the molecule is Cc1ccc(-n2cnc3c(N)c(C#N)c(-c4ccccc4)nc32)cc1. The van der Waals surface area contributed by atoms with Crippen molar-refractivity contribution in [2.75, 3.05) is 5.73 Å². The first-order chi connectivity index (χ1) is 12.2. The topological polar surface area (TPSA) is 80.5 Å². The zero-order chi connectivity index (χ0) is 17.4. The minimum Gasteiger partial charge on any atom is -0.396 e. The average Bonchev–Trinajstić information content (AvgIpc) is 3.07. The highest BCUT2D eigenvalue weighted by Gasteiger charge is 2.18. The molecule has 0 spiro atoms. The molecule has 0 aliphatic rings. The number of pyridine rings is 1. The maximum absolute atomic E-state index is 9.57. The van der Waals surface area contributed by atoms with E-state index in [4.69, 9.17) is 10.7 Å². The van der Waals surface area contributed by atoms with Gasteiger partial charge in [-0.25, -0.2) is 9.97 Å². The van der Waals surface area contributed by atoms with Gasteiger partial charge in [-0.3, -0.25) is 4.57 Å². The van der Waals surface area contributed by atoms with Gasteiger partial charge in [-0.05, 0) is 19.1 Å². The lowest BCUT2D eigenvalue weighted by atomic mass is 10.0. The summed E-state index contributed by atoms with van der Waals surface area (Å²) in [5.41, 5.74) is 11.7. The number of nitrogens with zero attached hydrogens (tertiary/aromatic N) is 4. The Morgan fingerprint density at radius 1 is 1.04 bits per heavy atom. The van der Waals surface area contributed by atoms with Crippen LogP contribution >= 0.6 is 0 Å². The summed E-state index contributed by atoms with van der Waals surface area (Å²) in [5, 5.41) is 9.57. The van der Waals surface area contributed by atoms with Crippen LogP contribution in [0.3, 0.4) is 0 Å². The molecule has 0 saturated carbocycles. The van der Waals surface area contributed by atoms with Gasteiger partial charge >= 0.3 is 0 Å². The fourth-order valence-corrected chi connectivity index (χ4v) is 2.86. The van der Waals surface area contributed by atoms with Gasteiger partial charge < -0.3 is 5.73 Å². The lowest BCUT2D eigenvalue weighted by molar-refractivity contribution is 1.07. The van der Waals surface area contributed by atoms with Gasteiger partial charge in [-0.1, -0.05) is 48.0 Å². The molecule has 0 atom stereocenters. The zero-order valence-corrected chi connectivity index (χ0v) is 13.6. The average molecular weight is 325 g/mol. The summed E-state index contributed by atoms with van der Waals surface area (Å²) in [4.78, 5) is 9.12. The van der Waals surface area contributed by atoms with E-state index in [0.29, 0.717) is 28.1 Å². The second kappa shape index (κ2) is 5.77. The minimum atomic E-state index is 0.354. The molecule has 0 radical (unpaired) electrons.